The largest absolute Gasteiger partial charge is 0.371 e. The summed E-state index contributed by atoms with van der Waals surface area (Å²) in [4.78, 5) is 18.6. The van der Waals surface area contributed by atoms with Crippen LogP contribution in [-0.4, -0.2) is 24.0 Å². The van der Waals surface area contributed by atoms with Crippen molar-refractivity contribution in [3.8, 4) is 0 Å². The Bertz CT molecular complexity index is 653. The summed E-state index contributed by atoms with van der Waals surface area (Å²) in [7, 11) is 0. The number of nitrogens with one attached hydrogen (secondary N) is 1. The van der Waals surface area contributed by atoms with Gasteiger partial charge in [-0.25, -0.2) is 4.98 Å². The maximum absolute atomic E-state index is 12.2. The minimum atomic E-state index is -0.128. The van der Waals surface area contributed by atoms with E-state index in [1.807, 2.05) is 18.2 Å². The van der Waals surface area contributed by atoms with E-state index in [0.29, 0.717) is 10.2 Å². The van der Waals surface area contributed by atoms with Gasteiger partial charge in [-0.2, -0.15) is 0 Å². The fraction of sp³-hybridized carbons (Fsp3) is 0.250. The van der Waals surface area contributed by atoms with E-state index in [0.717, 1.165) is 18.8 Å². The van der Waals surface area contributed by atoms with Crippen LogP contribution in [0.2, 0.25) is 0 Å². The van der Waals surface area contributed by atoms with Gasteiger partial charge in [-0.3, -0.25) is 4.79 Å². The third kappa shape index (κ3) is 3.42. The lowest BCUT2D eigenvalue weighted by Gasteiger charge is -2.18. The maximum atomic E-state index is 12.2. The Morgan fingerprint density at radius 1 is 1.19 bits per heavy atom. The van der Waals surface area contributed by atoms with Crippen molar-refractivity contribution in [2.75, 3.05) is 23.3 Å². The summed E-state index contributed by atoms with van der Waals surface area (Å²) in [5, 5.41) is 2.94. The zero-order valence-corrected chi connectivity index (χ0v) is 13.1. The first-order valence-corrected chi connectivity index (χ1v) is 7.79. The van der Waals surface area contributed by atoms with Crippen LogP contribution >= 0.6 is 15.9 Å². The van der Waals surface area contributed by atoms with E-state index in [1.165, 1.54) is 18.5 Å². The second kappa shape index (κ2) is 6.26. The summed E-state index contributed by atoms with van der Waals surface area (Å²) in [5.41, 5.74) is 2.57. The average Bonchev–Trinajstić information content (AvgIpc) is 3.02. The Morgan fingerprint density at radius 3 is 2.76 bits per heavy atom. The molecule has 108 valence electrons. The molecular weight excluding hydrogens is 330 g/mol. The summed E-state index contributed by atoms with van der Waals surface area (Å²) in [6.07, 6.45) is 4.09. The lowest BCUT2D eigenvalue weighted by Crippen LogP contribution is -2.18. The molecule has 1 aliphatic rings. The number of hydrogen-bond donors (Lipinski definition) is 1. The highest BCUT2D eigenvalue weighted by molar-refractivity contribution is 9.10. The van der Waals surface area contributed by atoms with E-state index in [2.05, 4.69) is 37.2 Å². The normalized spacial score (nSPS) is 14.2. The van der Waals surface area contributed by atoms with Crippen LogP contribution in [0.1, 0.15) is 23.2 Å². The molecule has 0 saturated carbocycles. The van der Waals surface area contributed by atoms with Gasteiger partial charge in [0, 0.05) is 36.2 Å². The van der Waals surface area contributed by atoms with E-state index < -0.39 is 0 Å². The van der Waals surface area contributed by atoms with Crippen molar-refractivity contribution in [3.05, 3.63) is 52.8 Å². The van der Waals surface area contributed by atoms with Gasteiger partial charge in [0.05, 0.1) is 0 Å². The second-order valence-corrected chi connectivity index (χ2v) is 5.88. The number of benzene rings is 1. The van der Waals surface area contributed by atoms with Crippen molar-refractivity contribution in [3.63, 3.8) is 0 Å². The van der Waals surface area contributed by atoms with Crippen LogP contribution in [-0.2, 0) is 0 Å². The second-order valence-electron chi connectivity index (χ2n) is 5.07. The highest BCUT2D eigenvalue weighted by atomic mass is 79.9. The van der Waals surface area contributed by atoms with Gasteiger partial charge in [-0.15, -0.1) is 0 Å². The SMILES string of the molecule is O=C(Nc1cccc(N2CCCC2)c1)c1ccnc(Br)c1. The fourth-order valence-corrected chi connectivity index (χ4v) is 2.87. The molecule has 3 rings (SSSR count). The molecule has 1 amide bonds. The maximum Gasteiger partial charge on any atom is 0.255 e. The number of aromatic nitrogens is 1. The summed E-state index contributed by atoms with van der Waals surface area (Å²) in [5.74, 6) is -0.128. The number of nitrogens with zero attached hydrogens (tertiary/aromatic N) is 2. The number of pyridine rings is 1. The first kappa shape index (κ1) is 14.1. The predicted octanol–water partition coefficient (Wildman–Crippen LogP) is 3.70. The molecule has 1 N–H and O–H groups in total. The van der Waals surface area contributed by atoms with Crippen molar-refractivity contribution in [1.29, 1.82) is 0 Å². The first-order valence-electron chi connectivity index (χ1n) is 7.00. The number of carbonyl (C=O) groups is 1. The van der Waals surface area contributed by atoms with Gasteiger partial charge in [0.1, 0.15) is 4.60 Å². The minimum absolute atomic E-state index is 0.128. The molecule has 1 saturated heterocycles. The van der Waals surface area contributed by atoms with Crippen LogP contribution in [0.5, 0.6) is 0 Å². The van der Waals surface area contributed by atoms with Crippen LogP contribution in [0, 0.1) is 0 Å². The van der Waals surface area contributed by atoms with Crippen LogP contribution in [0.25, 0.3) is 0 Å². The molecule has 21 heavy (non-hydrogen) atoms. The topological polar surface area (TPSA) is 45.2 Å². The molecule has 0 unspecified atom stereocenters. The Balaban J connectivity index is 1.75. The smallest absolute Gasteiger partial charge is 0.255 e. The summed E-state index contributed by atoms with van der Waals surface area (Å²) in [6.45, 7) is 2.18. The highest BCUT2D eigenvalue weighted by Crippen LogP contribution is 2.23. The van der Waals surface area contributed by atoms with Gasteiger partial charge >= 0.3 is 0 Å². The molecule has 0 bridgehead atoms. The van der Waals surface area contributed by atoms with Gasteiger partial charge in [0.25, 0.3) is 5.91 Å². The lowest BCUT2D eigenvalue weighted by molar-refractivity contribution is 0.102. The number of anilines is 2. The van der Waals surface area contributed by atoms with Crippen LogP contribution in [0.4, 0.5) is 11.4 Å². The number of hydrogen-bond acceptors (Lipinski definition) is 3. The number of carbonyl (C=O) groups excluding carboxylic acids is 1. The molecule has 1 fully saturated rings. The van der Waals surface area contributed by atoms with E-state index >= 15 is 0 Å². The molecule has 0 radical (unpaired) electrons. The van der Waals surface area contributed by atoms with Crippen molar-refractivity contribution >= 4 is 33.2 Å². The van der Waals surface area contributed by atoms with Crippen LogP contribution in [0.3, 0.4) is 0 Å². The average molecular weight is 346 g/mol. The van der Waals surface area contributed by atoms with Crippen molar-refractivity contribution in [1.82, 2.24) is 4.98 Å². The van der Waals surface area contributed by atoms with E-state index in [9.17, 15) is 4.79 Å². The monoisotopic (exact) mass is 345 g/mol. The lowest BCUT2D eigenvalue weighted by atomic mass is 10.2. The Hall–Kier alpha value is -1.88. The fourth-order valence-electron chi connectivity index (χ4n) is 2.50. The molecule has 0 aliphatic carbocycles. The molecule has 2 heterocycles. The molecular formula is C16H16BrN3O. The summed E-state index contributed by atoms with van der Waals surface area (Å²) >= 11 is 3.27. The predicted molar refractivity (Wildman–Crippen MR) is 87.8 cm³/mol. The molecule has 1 aliphatic heterocycles. The van der Waals surface area contributed by atoms with Gasteiger partial charge in [-0.1, -0.05) is 6.07 Å². The van der Waals surface area contributed by atoms with E-state index in [-0.39, 0.29) is 5.91 Å². The van der Waals surface area contributed by atoms with Gasteiger partial charge in [0.15, 0.2) is 0 Å². The first-order chi connectivity index (χ1) is 10.2. The van der Waals surface area contributed by atoms with E-state index in [1.54, 1.807) is 18.3 Å². The summed E-state index contributed by atoms with van der Waals surface area (Å²) < 4.78 is 0.654. The Labute approximate surface area is 132 Å². The third-order valence-corrected chi connectivity index (χ3v) is 4.00. The van der Waals surface area contributed by atoms with E-state index in [4.69, 9.17) is 0 Å². The zero-order chi connectivity index (χ0) is 14.7. The van der Waals surface area contributed by atoms with Crippen LogP contribution < -0.4 is 10.2 Å². The Kier molecular flexibility index (Phi) is 4.20. The number of rotatable bonds is 3. The molecule has 0 atom stereocenters. The summed E-state index contributed by atoms with van der Waals surface area (Å²) in [6, 6.07) is 11.4. The van der Waals surface area contributed by atoms with Crippen molar-refractivity contribution in [2.45, 2.75) is 12.8 Å². The molecule has 5 heteroatoms. The quantitative estimate of drug-likeness (QED) is 0.862. The van der Waals surface area contributed by atoms with Crippen molar-refractivity contribution < 1.29 is 4.79 Å². The third-order valence-electron chi connectivity index (χ3n) is 3.56. The minimum Gasteiger partial charge on any atom is -0.371 e. The van der Waals surface area contributed by atoms with Gasteiger partial charge in [-0.05, 0) is 59.1 Å². The number of amides is 1. The zero-order valence-electron chi connectivity index (χ0n) is 11.6. The molecule has 4 nitrogen and oxygen atoms in total. The molecule has 0 spiro atoms. The van der Waals surface area contributed by atoms with Gasteiger partial charge in [0.2, 0.25) is 0 Å². The molecule has 1 aromatic carbocycles. The highest BCUT2D eigenvalue weighted by Gasteiger charge is 2.13. The molecule has 2 aromatic rings. The Morgan fingerprint density at radius 2 is 2.00 bits per heavy atom. The van der Waals surface area contributed by atoms with Crippen molar-refractivity contribution in [2.24, 2.45) is 0 Å². The van der Waals surface area contributed by atoms with Crippen LogP contribution in [0.15, 0.2) is 47.2 Å². The molecule has 1 aromatic heterocycles. The standard InChI is InChI=1S/C16H16BrN3O/c17-15-10-12(6-7-18-15)16(21)19-13-4-3-5-14(11-13)20-8-1-2-9-20/h3-7,10-11H,1-2,8-9H2,(H,19,21). The van der Waals surface area contributed by atoms with Gasteiger partial charge < -0.3 is 10.2 Å². The number of halogens is 1.